The molecule has 1 heterocycles. The lowest BCUT2D eigenvalue weighted by atomic mass is 9.91. The van der Waals surface area contributed by atoms with E-state index in [9.17, 15) is 9.59 Å². The van der Waals surface area contributed by atoms with Crippen molar-refractivity contribution in [3.63, 3.8) is 0 Å². The summed E-state index contributed by atoms with van der Waals surface area (Å²) in [5, 5.41) is 6.13. The number of ether oxygens (including phenoxy) is 1. The standard InChI is InChI=1S/C14H23N3O3S/c1-8(7-15-5)11(18)17-13-16-10(14(2,3)4)9(21-13)12(19)20-6/h8,15H,7H2,1-6H3,(H,16,17,18). The van der Waals surface area contributed by atoms with Gasteiger partial charge in [0.05, 0.1) is 12.8 Å². The molecule has 7 heteroatoms. The number of amides is 1. The Bertz CT molecular complexity index is 520. The minimum Gasteiger partial charge on any atom is -0.465 e. The van der Waals surface area contributed by atoms with E-state index in [1.54, 1.807) is 7.05 Å². The van der Waals surface area contributed by atoms with Crippen LogP contribution in [0.3, 0.4) is 0 Å². The summed E-state index contributed by atoms with van der Waals surface area (Å²) < 4.78 is 4.79. The molecule has 1 atom stereocenters. The van der Waals surface area contributed by atoms with Crippen LogP contribution in [0.5, 0.6) is 0 Å². The molecule has 0 aliphatic carbocycles. The lowest BCUT2D eigenvalue weighted by molar-refractivity contribution is -0.119. The van der Waals surface area contributed by atoms with Crippen molar-refractivity contribution in [2.75, 3.05) is 26.0 Å². The van der Waals surface area contributed by atoms with Crippen LogP contribution in [-0.4, -0.2) is 37.6 Å². The molecule has 1 amide bonds. The topological polar surface area (TPSA) is 80.3 Å². The molecule has 1 rings (SSSR count). The maximum absolute atomic E-state index is 12.0. The summed E-state index contributed by atoms with van der Waals surface area (Å²) in [7, 11) is 3.13. The van der Waals surface area contributed by atoms with Gasteiger partial charge in [-0.05, 0) is 7.05 Å². The number of nitrogens with one attached hydrogen (secondary N) is 2. The summed E-state index contributed by atoms with van der Waals surface area (Å²) >= 11 is 1.14. The normalized spacial score (nSPS) is 12.9. The highest BCUT2D eigenvalue weighted by molar-refractivity contribution is 7.17. The molecule has 0 spiro atoms. The first-order chi connectivity index (χ1) is 9.70. The van der Waals surface area contributed by atoms with E-state index in [1.807, 2.05) is 27.7 Å². The summed E-state index contributed by atoms with van der Waals surface area (Å²) in [6.45, 7) is 8.29. The molecule has 1 aromatic heterocycles. The summed E-state index contributed by atoms with van der Waals surface area (Å²) in [5.41, 5.74) is 0.329. The molecular formula is C14H23N3O3S. The second kappa shape index (κ2) is 7.00. The Morgan fingerprint density at radius 3 is 2.48 bits per heavy atom. The Morgan fingerprint density at radius 2 is 2.00 bits per heavy atom. The van der Waals surface area contributed by atoms with Gasteiger partial charge >= 0.3 is 5.97 Å². The first-order valence-corrected chi connectivity index (χ1v) is 7.57. The van der Waals surface area contributed by atoms with Crippen LogP contribution in [0.1, 0.15) is 43.1 Å². The third-order valence-corrected chi connectivity index (χ3v) is 3.85. The van der Waals surface area contributed by atoms with E-state index in [0.29, 0.717) is 22.2 Å². The summed E-state index contributed by atoms with van der Waals surface area (Å²) in [4.78, 5) is 28.7. The zero-order valence-electron chi connectivity index (χ0n) is 13.4. The van der Waals surface area contributed by atoms with Crippen LogP contribution in [0.2, 0.25) is 0 Å². The number of rotatable bonds is 5. The number of hydrogen-bond acceptors (Lipinski definition) is 6. The number of carbonyl (C=O) groups excluding carboxylic acids is 2. The van der Waals surface area contributed by atoms with Crippen molar-refractivity contribution in [2.45, 2.75) is 33.1 Å². The van der Waals surface area contributed by atoms with Crippen LogP contribution in [0.15, 0.2) is 0 Å². The number of carbonyl (C=O) groups is 2. The Kier molecular flexibility index (Phi) is 5.86. The van der Waals surface area contributed by atoms with Gasteiger partial charge in [-0.25, -0.2) is 9.78 Å². The summed E-state index contributed by atoms with van der Waals surface area (Å²) in [5.74, 6) is -0.741. The number of thiazole rings is 1. The molecule has 0 aromatic carbocycles. The van der Waals surface area contributed by atoms with E-state index in [1.165, 1.54) is 7.11 Å². The molecule has 6 nitrogen and oxygen atoms in total. The fourth-order valence-electron chi connectivity index (χ4n) is 1.74. The third kappa shape index (κ3) is 4.50. The SMILES string of the molecule is CNCC(C)C(=O)Nc1nc(C(C)(C)C)c(C(=O)OC)s1. The molecule has 0 aliphatic heterocycles. The molecule has 0 bridgehead atoms. The molecule has 21 heavy (non-hydrogen) atoms. The van der Waals surface area contributed by atoms with Gasteiger partial charge in [0, 0.05) is 17.9 Å². The van der Waals surface area contributed by atoms with Crippen molar-refractivity contribution in [1.82, 2.24) is 10.3 Å². The summed E-state index contributed by atoms with van der Waals surface area (Å²) in [6.07, 6.45) is 0. The molecule has 1 unspecified atom stereocenters. The lowest BCUT2D eigenvalue weighted by Gasteiger charge is -2.16. The zero-order valence-corrected chi connectivity index (χ0v) is 14.2. The van der Waals surface area contributed by atoms with Crippen molar-refractivity contribution < 1.29 is 14.3 Å². The van der Waals surface area contributed by atoms with Gasteiger partial charge in [-0.15, -0.1) is 0 Å². The van der Waals surface area contributed by atoms with Gasteiger partial charge < -0.3 is 15.4 Å². The predicted octanol–water partition coefficient (Wildman–Crippen LogP) is 2.02. The molecule has 0 fully saturated rings. The van der Waals surface area contributed by atoms with Crippen LogP contribution >= 0.6 is 11.3 Å². The van der Waals surface area contributed by atoms with Crippen molar-refractivity contribution in [3.8, 4) is 0 Å². The van der Waals surface area contributed by atoms with Gasteiger partial charge in [-0.2, -0.15) is 0 Å². The number of anilines is 1. The maximum atomic E-state index is 12.0. The molecule has 0 saturated carbocycles. The van der Waals surface area contributed by atoms with Crippen LogP contribution in [0.25, 0.3) is 0 Å². The largest absolute Gasteiger partial charge is 0.465 e. The van der Waals surface area contributed by atoms with Gasteiger partial charge in [-0.1, -0.05) is 39.0 Å². The molecule has 0 aliphatic rings. The second-order valence-corrected chi connectivity index (χ2v) is 6.89. The van der Waals surface area contributed by atoms with Crippen LogP contribution in [0, 0.1) is 5.92 Å². The summed E-state index contributed by atoms with van der Waals surface area (Å²) in [6, 6.07) is 0. The van der Waals surface area contributed by atoms with E-state index < -0.39 is 5.97 Å². The molecule has 0 radical (unpaired) electrons. The number of nitrogens with zero attached hydrogens (tertiary/aromatic N) is 1. The molecular weight excluding hydrogens is 290 g/mol. The van der Waals surface area contributed by atoms with E-state index in [4.69, 9.17) is 4.74 Å². The minimum atomic E-state index is -0.429. The van der Waals surface area contributed by atoms with Crippen LogP contribution < -0.4 is 10.6 Å². The maximum Gasteiger partial charge on any atom is 0.350 e. The third-order valence-electron chi connectivity index (χ3n) is 2.90. The quantitative estimate of drug-likeness (QED) is 0.813. The number of aromatic nitrogens is 1. The predicted molar refractivity (Wildman–Crippen MR) is 83.9 cm³/mol. The Morgan fingerprint density at radius 1 is 1.38 bits per heavy atom. The highest BCUT2D eigenvalue weighted by Gasteiger charge is 2.28. The molecule has 2 N–H and O–H groups in total. The van der Waals surface area contributed by atoms with Gasteiger partial charge in [-0.3, -0.25) is 4.79 Å². The average molecular weight is 313 g/mol. The lowest BCUT2D eigenvalue weighted by Crippen LogP contribution is -2.28. The van der Waals surface area contributed by atoms with E-state index in [0.717, 1.165) is 11.3 Å². The first-order valence-electron chi connectivity index (χ1n) is 6.75. The van der Waals surface area contributed by atoms with Gasteiger partial charge in [0.2, 0.25) is 5.91 Å². The highest BCUT2D eigenvalue weighted by atomic mass is 32.1. The van der Waals surface area contributed by atoms with Crippen molar-refractivity contribution >= 4 is 28.3 Å². The zero-order chi connectivity index (χ0) is 16.2. The number of hydrogen-bond donors (Lipinski definition) is 2. The first kappa shape index (κ1) is 17.6. The molecule has 0 saturated heterocycles. The second-order valence-electron chi connectivity index (χ2n) is 5.89. The van der Waals surface area contributed by atoms with Crippen molar-refractivity contribution in [1.29, 1.82) is 0 Å². The number of methoxy groups -OCH3 is 1. The van der Waals surface area contributed by atoms with Crippen LogP contribution in [0.4, 0.5) is 5.13 Å². The molecule has 118 valence electrons. The number of esters is 1. The molecule has 1 aromatic rings. The van der Waals surface area contributed by atoms with Crippen molar-refractivity contribution in [2.24, 2.45) is 5.92 Å². The monoisotopic (exact) mass is 313 g/mol. The fraction of sp³-hybridized carbons (Fsp3) is 0.643. The smallest absolute Gasteiger partial charge is 0.350 e. The van der Waals surface area contributed by atoms with E-state index in [-0.39, 0.29) is 17.2 Å². The Balaban J connectivity index is 3.03. The minimum absolute atomic E-state index is 0.130. The fourth-order valence-corrected chi connectivity index (χ4v) is 2.84. The van der Waals surface area contributed by atoms with Gasteiger partial charge in [0.25, 0.3) is 0 Å². The highest BCUT2D eigenvalue weighted by Crippen LogP contribution is 2.32. The van der Waals surface area contributed by atoms with Gasteiger partial charge in [0.15, 0.2) is 5.13 Å². The Hall–Kier alpha value is -1.47. The van der Waals surface area contributed by atoms with E-state index in [2.05, 4.69) is 15.6 Å². The van der Waals surface area contributed by atoms with Crippen LogP contribution in [-0.2, 0) is 14.9 Å². The van der Waals surface area contributed by atoms with E-state index >= 15 is 0 Å². The van der Waals surface area contributed by atoms with Crippen molar-refractivity contribution in [3.05, 3.63) is 10.6 Å². The van der Waals surface area contributed by atoms with Gasteiger partial charge in [0.1, 0.15) is 4.88 Å². The average Bonchev–Trinajstić information content (AvgIpc) is 2.82. The Labute approximate surface area is 129 Å².